The molecule has 4 nitrogen and oxygen atoms in total. The van der Waals surface area contributed by atoms with Crippen molar-refractivity contribution in [2.75, 3.05) is 0 Å². The fraction of sp³-hybridized carbons (Fsp3) is 0. The number of benzene rings is 3. The monoisotopic (exact) mass is 315 g/mol. The highest BCUT2D eigenvalue weighted by atomic mass is 16.6. The van der Waals surface area contributed by atoms with Gasteiger partial charge in [-0.15, -0.1) is 0 Å². The number of fused-ring (bicyclic) bond motifs is 3. The van der Waals surface area contributed by atoms with Crippen LogP contribution in [0, 0.1) is 10.1 Å². The molecule has 4 rings (SSSR count). The molecule has 0 saturated carbocycles. The van der Waals surface area contributed by atoms with Gasteiger partial charge in [-0.05, 0) is 41.0 Å². The molecule has 116 valence electrons. The maximum absolute atomic E-state index is 11.3. The van der Waals surface area contributed by atoms with Crippen LogP contribution >= 0.6 is 0 Å². The molecule has 1 heterocycles. The third kappa shape index (κ3) is 2.34. The summed E-state index contributed by atoms with van der Waals surface area (Å²) in [6, 6.07) is 20.4. The van der Waals surface area contributed by atoms with E-state index in [0.29, 0.717) is 5.56 Å². The van der Waals surface area contributed by atoms with Crippen LogP contribution in [-0.2, 0) is 0 Å². The van der Waals surface area contributed by atoms with E-state index < -0.39 is 0 Å². The molecule has 3 aromatic carbocycles. The zero-order valence-electron chi connectivity index (χ0n) is 12.7. The molecule has 4 heteroatoms. The van der Waals surface area contributed by atoms with E-state index in [4.69, 9.17) is 4.74 Å². The van der Waals surface area contributed by atoms with Gasteiger partial charge in [-0.3, -0.25) is 10.1 Å². The lowest BCUT2D eigenvalue weighted by Crippen LogP contribution is -1.93. The minimum atomic E-state index is -0.354. The molecule has 0 atom stereocenters. The number of hydrogen-bond donors (Lipinski definition) is 0. The summed E-state index contributed by atoms with van der Waals surface area (Å²) < 4.78 is 5.69. The second kappa shape index (κ2) is 5.66. The Morgan fingerprint density at radius 3 is 2.42 bits per heavy atom. The first kappa shape index (κ1) is 14.2. The van der Waals surface area contributed by atoms with Gasteiger partial charge in [0.05, 0.1) is 16.7 Å². The van der Waals surface area contributed by atoms with Gasteiger partial charge < -0.3 is 4.74 Å². The van der Waals surface area contributed by atoms with Crippen LogP contribution in [0.2, 0.25) is 0 Å². The van der Waals surface area contributed by atoms with Crippen LogP contribution < -0.4 is 4.74 Å². The predicted octanol–water partition coefficient (Wildman–Crippen LogP) is 5.29. The average Bonchev–Trinajstić information content (AvgIpc) is 2.80. The molecule has 0 aliphatic carbocycles. The van der Waals surface area contributed by atoms with E-state index in [1.165, 1.54) is 6.07 Å². The van der Waals surface area contributed by atoms with Crippen molar-refractivity contribution in [3.8, 4) is 28.0 Å². The molecule has 3 aromatic rings. The number of nitrogens with zero attached hydrogens (tertiary/aromatic N) is 1. The van der Waals surface area contributed by atoms with Crippen LogP contribution in [0.4, 0.5) is 5.69 Å². The Labute approximate surface area is 138 Å². The number of rotatable bonds is 2. The van der Waals surface area contributed by atoms with Crippen LogP contribution in [-0.4, -0.2) is 4.92 Å². The van der Waals surface area contributed by atoms with Crippen molar-refractivity contribution in [1.82, 2.24) is 0 Å². The highest BCUT2D eigenvalue weighted by Gasteiger charge is 2.18. The SMILES string of the molecule is O=[N+]([O-])c1ccccc1-c1ccc2c(c1)-c1ccccc1C=CO2. The van der Waals surface area contributed by atoms with Crippen molar-refractivity contribution in [1.29, 1.82) is 0 Å². The molecular weight excluding hydrogens is 302 g/mol. The summed E-state index contributed by atoms with van der Waals surface area (Å²) in [7, 11) is 0. The number of hydrogen-bond acceptors (Lipinski definition) is 3. The van der Waals surface area contributed by atoms with Crippen molar-refractivity contribution < 1.29 is 9.66 Å². The molecule has 0 radical (unpaired) electrons. The third-order valence-corrected chi connectivity index (χ3v) is 4.08. The first-order valence-electron chi connectivity index (χ1n) is 7.54. The van der Waals surface area contributed by atoms with Gasteiger partial charge in [0.1, 0.15) is 5.75 Å². The molecule has 0 fully saturated rings. The Morgan fingerprint density at radius 1 is 0.833 bits per heavy atom. The Morgan fingerprint density at radius 2 is 1.58 bits per heavy atom. The molecule has 0 bridgehead atoms. The van der Waals surface area contributed by atoms with Crippen LogP contribution in [0.5, 0.6) is 5.75 Å². The maximum atomic E-state index is 11.3. The van der Waals surface area contributed by atoms with Gasteiger partial charge in [0, 0.05) is 11.6 Å². The first-order valence-corrected chi connectivity index (χ1v) is 7.54. The lowest BCUT2D eigenvalue weighted by Gasteiger charge is -2.11. The fourth-order valence-corrected chi connectivity index (χ4v) is 2.96. The quantitative estimate of drug-likeness (QED) is 0.477. The van der Waals surface area contributed by atoms with E-state index >= 15 is 0 Å². The minimum Gasteiger partial charge on any atom is -0.464 e. The van der Waals surface area contributed by atoms with Crippen molar-refractivity contribution in [3.05, 3.63) is 88.7 Å². The lowest BCUT2D eigenvalue weighted by atomic mass is 9.95. The maximum Gasteiger partial charge on any atom is 0.277 e. The van der Waals surface area contributed by atoms with Gasteiger partial charge >= 0.3 is 0 Å². The minimum absolute atomic E-state index is 0.0957. The summed E-state index contributed by atoms with van der Waals surface area (Å²) in [6.45, 7) is 0. The Balaban J connectivity index is 1.93. The Bertz CT molecular complexity index is 976. The summed E-state index contributed by atoms with van der Waals surface area (Å²) in [6.07, 6.45) is 3.58. The van der Waals surface area contributed by atoms with Crippen molar-refractivity contribution in [3.63, 3.8) is 0 Å². The fourth-order valence-electron chi connectivity index (χ4n) is 2.96. The summed E-state index contributed by atoms with van der Waals surface area (Å²) in [5.74, 6) is 0.735. The van der Waals surface area contributed by atoms with Gasteiger partial charge in [-0.25, -0.2) is 0 Å². The number of nitro groups is 1. The third-order valence-electron chi connectivity index (χ3n) is 4.08. The second-order valence-corrected chi connectivity index (χ2v) is 5.49. The molecule has 1 aliphatic heterocycles. The number of nitro benzene ring substituents is 1. The molecule has 1 aliphatic rings. The van der Waals surface area contributed by atoms with E-state index in [2.05, 4.69) is 0 Å². The summed E-state index contributed by atoms with van der Waals surface area (Å²) in [4.78, 5) is 11.0. The molecule has 0 N–H and O–H groups in total. The summed E-state index contributed by atoms with van der Waals surface area (Å²) in [5, 5.41) is 11.3. The molecule has 0 spiro atoms. The molecule has 0 aromatic heterocycles. The number of ether oxygens (including phenoxy) is 1. The lowest BCUT2D eigenvalue weighted by molar-refractivity contribution is -0.384. The largest absolute Gasteiger partial charge is 0.464 e. The molecule has 0 unspecified atom stereocenters. The Kier molecular flexibility index (Phi) is 3.35. The highest BCUT2D eigenvalue weighted by molar-refractivity contribution is 5.85. The van der Waals surface area contributed by atoms with Gasteiger partial charge in [0.15, 0.2) is 0 Å². The normalized spacial score (nSPS) is 11.8. The number of para-hydroxylation sites is 1. The van der Waals surface area contributed by atoms with E-state index in [1.807, 2.05) is 48.5 Å². The summed E-state index contributed by atoms with van der Waals surface area (Å²) in [5.41, 5.74) is 4.50. The van der Waals surface area contributed by atoms with E-state index in [1.54, 1.807) is 24.5 Å². The first-order chi connectivity index (χ1) is 11.7. The van der Waals surface area contributed by atoms with Gasteiger partial charge in [0.25, 0.3) is 5.69 Å². The van der Waals surface area contributed by atoms with Crippen LogP contribution in [0.1, 0.15) is 5.56 Å². The van der Waals surface area contributed by atoms with E-state index in [9.17, 15) is 10.1 Å². The van der Waals surface area contributed by atoms with Gasteiger partial charge in [-0.2, -0.15) is 0 Å². The molecular formula is C20H13NO3. The van der Waals surface area contributed by atoms with Crippen LogP contribution in [0.25, 0.3) is 28.3 Å². The van der Waals surface area contributed by atoms with Crippen molar-refractivity contribution in [2.24, 2.45) is 0 Å². The van der Waals surface area contributed by atoms with Crippen molar-refractivity contribution >= 4 is 11.8 Å². The zero-order chi connectivity index (χ0) is 16.5. The smallest absolute Gasteiger partial charge is 0.277 e. The summed E-state index contributed by atoms with van der Waals surface area (Å²) >= 11 is 0. The molecule has 0 saturated heterocycles. The van der Waals surface area contributed by atoms with Gasteiger partial charge in [0.2, 0.25) is 0 Å². The van der Waals surface area contributed by atoms with Crippen LogP contribution in [0.3, 0.4) is 0 Å². The van der Waals surface area contributed by atoms with Crippen LogP contribution in [0.15, 0.2) is 73.0 Å². The topological polar surface area (TPSA) is 52.4 Å². The average molecular weight is 315 g/mol. The Hall–Kier alpha value is -3.40. The molecule has 24 heavy (non-hydrogen) atoms. The highest BCUT2D eigenvalue weighted by Crippen LogP contribution is 2.40. The second-order valence-electron chi connectivity index (χ2n) is 5.49. The van der Waals surface area contributed by atoms with E-state index in [-0.39, 0.29) is 10.6 Å². The van der Waals surface area contributed by atoms with Gasteiger partial charge in [-0.1, -0.05) is 42.5 Å². The zero-order valence-corrected chi connectivity index (χ0v) is 12.7. The predicted molar refractivity (Wildman–Crippen MR) is 93.6 cm³/mol. The standard InChI is InChI=1S/C20H13NO3/c22-21(23)19-8-4-3-7-17(19)15-9-10-20-18(13-15)16-6-2-1-5-14(16)11-12-24-20/h1-13H. The van der Waals surface area contributed by atoms with Crippen molar-refractivity contribution in [2.45, 2.75) is 0 Å². The van der Waals surface area contributed by atoms with E-state index in [0.717, 1.165) is 28.0 Å². The molecule has 0 amide bonds.